The molecular weight excluding hydrogens is 292 g/mol. The molecule has 0 N–H and O–H groups in total. The van der Waals surface area contributed by atoms with Crippen LogP contribution < -0.4 is 0 Å². The number of benzene rings is 1. The zero-order valence-electron chi connectivity index (χ0n) is 11.6. The molecule has 0 aromatic heterocycles. The van der Waals surface area contributed by atoms with E-state index in [-0.39, 0.29) is 18.0 Å². The molecule has 0 saturated carbocycles. The molecule has 2 saturated heterocycles. The number of nitrogens with zero attached hydrogens (tertiary/aromatic N) is 2. The van der Waals surface area contributed by atoms with Crippen LogP contribution in [0.25, 0.3) is 0 Å². The van der Waals surface area contributed by atoms with Gasteiger partial charge in [-0.15, -0.1) is 0 Å². The molecule has 0 bridgehead atoms. The van der Waals surface area contributed by atoms with Crippen LogP contribution >= 0.6 is 11.6 Å². The van der Waals surface area contributed by atoms with Crippen LogP contribution in [0.5, 0.6) is 0 Å². The number of halogens is 1. The first-order valence-electron chi connectivity index (χ1n) is 7.13. The van der Waals surface area contributed by atoms with Gasteiger partial charge >= 0.3 is 6.09 Å². The van der Waals surface area contributed by atoms with E-state index in [1.54, 1.807) is 29.2 Å². The van der Waals surface area contributed by atoms with Gasteiger partial charge in [-0.25, -0.2) is 4.79 Å². The molecule has 0 radical (unpaired) electrons. The van der Waals surface area contributed by atoms with Gasteiger partial charge in [0.15, 0.2) is 0 Å². The Labute approximate surface area is 128 Å². The van der Waals surface area contributed by atoms with Gasteiger partial charge in [-0.1, -0.05) is 17.7 Å². The largest absolute Gasteiger partial charge is 0.448 e. The molecule has 2 fully saturated rings. The molecule has 1 aromatic carbocycles. The predicted octanol–water partition coefficient (Wildman–Crippen LogP) is 2.40. The van der Waals surface area contributed by atoms with Crippen molar-refractivity contribution in [3.05, 3.63) is 34.9 Å². The summed E-state index contributed by atoms with van der Waals surface area (Å²) < 4.78 is 4.97. The average molecular weight is 309 g/mol. The maximum Gasteiger partial charge on any atom is 0.410 e. The maximum atomic E-state index is 12.4. The molecule has 2 heterocycles. The second kappa shape index (κ2) is 5.93. The minimum atomic E-state index is -0.227. The minimum Gasteiger partial charge on any atom is -0.448 e. The lowest BCUT2D eigenvalue weighted by molar-refractivity contribution is 0.0658. The van der Waals surface area contributed by atoms with Crippen LogP contribution in [0.15, 0.2) is 24.3 Å². The topological polar surface area (TPSA) is 49.9 Å². The average Bonchev–Trinajstić information content (AvgIpc) is 2.93. The van der Waals surface area contributed by atoms with Crippen molar-refractivity contribution in [1.82, 2.24) is 9.80 Å². The molecule has 1 aromatic rings. The monoisotopic (exact) mass is 308 g/mol. The highest BCUT2D eigenvalue weighted by atomic mass is 35.5. The van der Waals surface area contributed by atoms with Gasteiger partial charge in [-0.3, -0.25) is 4.79 Å². The summed E-state index contributed by atoms with van der Waals surface area (Å²) in [5.74, 6) is -0.0000477. The van der Waals surface area contributed by atoms with E-state index in [0.29, 0.717) is 36.8 Å². The smallest absolute Gasteiger partial charge is 0.410 e. The zero-order chi connectivity index (χ0) is 14.8. The third-order valence-electron chi connectivity index (χ3n) is 4.06. The summed E-state index contributed by atoms with van der Waals surface area (Å²) in [5, 5.41) is 0.565. The van der Waals surface area contributed by atoms with Gasteiger partial charge in [0, 0.05) is 29.7 Å². The zero-order valence-corrected chi connectivity index (χ0v) is 12.4. The number of hydrogen-bond acceptors (Lipinski definition) is 3. The first-order chi connectivity index (χ1) is 10.1. The molecule has 3 rings (SSSR count). The fraction of sp³-hybridized carbons (Fsp3) is 0.467. The van der Waals surface area contributed by atoms with Crippen molar-refractivity contribution in [2.24, 2.45) is 0 Å². The number of likely N-dealkylation sites (tertiary alicyclic amines) is 1. The highest BCUT2D eigenvalue weighted by Crippen LogP contribution is 2.22. The molecule has 0 aliphatic carbocycles. The normalized spacial score (nSPS) is 19.8. The van der Waals surface area contributed by atoms with Crippen LogP contribution in [0.1, 0.15) is 23.2 Å². The minimum absolute atomic E-state index is 0.0000477. The number of amides is 2. The summed E-state index contributed by atoms with van der Waals surface area (Å²) in [6.07, 6.45) is 1.36. The van der Waals surface area contributed by atoms with Crippen LogP contribution in [-0.2, 0) is 4.74 Å². The molecule has 2 amide bonds. The lowest BCUT2D eigenvalue weighted by Gasteiger charge is -2.35. The fourth-order valence-corrected chi connectivity index (χ4v) is 3.11. The molecule has 0 atom stereocenters. The first kappa shape index (κ1) is 14.2. The van der Waals surface area contributed by atoms with E-state index >= 15 is 0 Å². The number of hydrogen-bond donors (Lipinski definition) is 0. The van der Waals surface area contributed by atoms with Crippen molar-refractivity contribution >= 4 is 23.6 Å². The Hall–Kier alpha value is -1.75. The number of rotatable bonds is 2. The van der Waals surface area contributed by atoms with Gasteiger partial charge in [0.25, 0.3) is 5.91 Å². The van der Waals surface area contributed by atoms with E-state index in [0.717, 1.165) is 12.8 Å². The molecule has 21 heavy (non-hydrogen) atoms. The Morgan fingerprint density at radius 3 is 2.62 bits per heavy atom. The van der Waals surface area contributed by atoms with Crippen molar-refractivity contribution in [1.29, 1.82) is 0 Å². The number of cyclic esters (lactones) is 1. The van der Waals surface area contributed by atoms with Crippen molar-refractivity contribution in [2.75, 3.05) is 26.2 Å². The predicted molar refractivity (Wildman–Crippen MR) is 78.4 cm³/mol. The summed E-state index contributed by atoms with van der Waals surface area (Å²) in [6.45, 7) is 2.44. The molecule has 0 spiro atoms. The SMILES string of the molecule is O=C(c1cccc(Cl)c1)N1CCC(N2CCOC2=O)CC1. The molecule has 2 aliphatic heterocycles. The maximum absolute atomic E-state index is 12.4. The van der Waals surface area contributed by atoms with Crippen molar-refractivity contribution in [3.8, 4) is 0 Å². The summed E-state index contributed by atoms with van der Waals surface area (Å²) in [7, 11) is 0. The van der Waals surface area contributed by atoms with Crippen molar-refractivity contribution in [2.45, 2.75) is 18.9 Å². The van der Waals surface area contributed by atoms with Crippen molar-refractivity contribution in [3.63, 3.8) is 0 Å². The second-order valence-electron chi connectivity index (χ2n) is 5.34. The Morgan fingerprint density at radius 1 is 1.24 bits per heavy atom. The van der Waals surface area contributed by atoms with E-state index in [1.807, 2.05) is 4.90 Å². The van der Waals surface area contributed by atoms with E-state index in [2.05, 4.69) is 0 Å². The Bertz CT molecular complexity index is 556. The number of ether oxygens (including phenoxy) is 1. The van der Waals surface area contributed by atoms with Crippen LogP contribution in [0.4, 0.5) is 4.79 Å². The third kappa shape index (κ3) is 2.97. The molecule has 5 nitrogen and oxygen atoms in total. The second-order valence-corrected chi connectivity index (χ2v) is 5.78. The van der Waals surface area contributed by atoms with Gasteiger partial charge in [0.2, 0.25) is 0 Å². The van der Waals surface area contributed by atoms with Crippen LogP contribution in [-0.4, -0.2) is 54.1 Å². The lowest BCUT2D eigenvalue weighted by Crippen LogP contribution is -2.47. The summed E-state index contributed by atoms with van der Waals surface area (Å²) in [6, 6.07) is 7.18. The van der Waals surface area contributed by atoms with Gasteiger partial charge in [-0.2, -0.15) is 0 Å². The van der Waals surface area contributed by atoms with Gasteiger partial charge in [-0.05, 0) is 31.0 Å². The summed E-state index contributed by atoms with van der Waals surface area (Å²) in [5.41, 5.74) is 0.613. The molecule has 2 aliphatic rings. The van der Waals surface area contributed by atoms with Crippen LogP contribution in [0.2, 0.25) is 5.02 Å². The summed E-state index contributed by atoms with van der Waals surface area (Å²) in [4.78, 5) is 27.6. The molecular formula is C15H17ClN2O3. The molecule has 6 heteroatoms. The number of carbonyl (C=O) groups excluding carboxylic acids is 2. The van der Waals surface area contributed by atoms with Gasteiger partial charge in [0.1, 0.15) is 6.61 Å². The fourth-order valence-electron chi connectivity index (χ4n) is 2.92. The molecule has 0 unspecified atom stereocenters. The van der Waals surface area contributed by atoms with E-state index in [4.69, 9.17) is 16.3 Å². The summed E-state index contributed by atoms with van der Waals surface area (Å²) >= 11 is 5.92. The Balaban J connectivity index is 1.60. The number of piperidine rings is 1. The van der Waals surface area contributed by atoms with E-state index in [1.165, 1.54) is 0 Å². The van der Waals surface area contributed by atoms with Gasteiger partial charge in [0.05, 0.1) is 6.54 Å². The van der Waals surface area contributed by atoms with Crippen molar-refractivity contribution < 1.29 is 14.3 Å². The van der Waals surface area contributed by atoms with Crippen LogP contribution in [0, 0.1) is 0 Å². The molecule has 112 valence electrons. The number of carbonyl (C=O) groups is 2. The third-order valence-corrected chi connectivity index (χ3v) is 4.29. The Kier molecular flexibility index (Phi) is 4.01. The Morgan fingerprint density at radius 2 is 2.00 bits per heavy atom. The van der Waals surface area contributed by atoms with Gasteiger partial charge < -0.3 is 14.5 Å². The standard InChI is InChI=1S/C15H17ClN2O3/c16-12-3-1-2-11(10-12)14(19)17-6-4-13(5-7-17)18-8-9-21-15(18)20/h1-3,10,13H,4-9H2. The van der Waals surface area contributed by atoms with E-state index in [9.17, 15) is 9.59 Å². The lowest BCUT2D eigenvalue weighted by atomic mass is 10.0. The first-order valence-corrected chi connectivity index (χ1v) is 7.51. The van der Waals surface area contributed by atoms with Crippen LogP contribution in [0.3, 0.4) is 0 Å². The highest BCUT2D eigenvalue weighted by Gasteiger charge is 2.33. The van der Waals surface area contributed by atoms with E-state index < -0.39 is 0 Å². The highest BCUT2D eigenvalue weighted by molar-refractivity contribution is 6.30. The quantitative estimate of drug-likeness (QED) is 0.843.